The standard InChI is InChI=1S/C25H25F3O2/c1-3-4-5-14-29-21-12-13-22(23(26)15-21)18-8-10-20(11-9-18)30-16-19-7-6-17(2)24(27)25(19)28/h6-13,15H,3-5,14,16H2,1-2H3. The summed E-state index contributed by atoms with van der Waals surface area (Å²) in [4.78, 5) is 0. The Kier molecular flexibility index (Phi) is 7.39. The van der Waals surface area contributed by atoms with E-state index in [0.29, 0.717) is 29.2 Å². The Labute approximate surface area is 175 Å². The molecule has 0 aromatic heterocycles. The summed E-state index contributed by atoms with van der Waals surface area (Å²) in [5.41, 5.74) is 1.53. The predicted octanol–water partition coefficient (Wildman–Crippen LogP) is 7.23. The van der Waals surface area contributed by atoms with Gasteiger partial charge in [-0.15, -0.1) is 0 Å². The van der Waals surface area contributed by atoms with Crippen molar-refractivity contribution in [2.45, 2.75) is 39.7 Å². The molecule has 0 saturated carbocycles. The Hall–Kier alpha value is -2.95. The van der Waals surface area contributed by atoms with Gasteiger partial charge in [-0.2, -0.15) is 0 Å². The molecule has 0 amide bonds. The van der Waals surface area contributed by atoms with E-state index in [1.54, 1.807) is 36.4 Å². The molecule has 0 fully saturated rings. The lowest BCUT2D eigenvalue weighted by Gasteiger charge is -2.11. The SMILES string of the molecule is CCCCCOc1ccc(-c2ccc(OCc3ccc(C)c(F)c3F)cc2)c(F)c1. The van der Waals surface area contributed by atoms with Gasteiger partial charge < -0.3 is 9.47 Å². The Bertz CT molecular complexity index is 984. The highest BCUT2D eigenvalue weighted by Gasteiger charge is 2.12. The third kappa shape index (κ3) is 5.35. The van der Waals surface area contributed by atoms with Crippen LogP contribution in [0.3, 0.4) is 0 Å². The summed E-state index contributed by atoms with van der Waals surface area (Å²) in [6.45, 7) is 4.10. The Morgan fingerprint density at radius 1 is 0.767 bits per heavy atom. The number of aryl methyl sites for hydroxylation is 1. The first kappa shape index (κ1) is 21.8. The van der Waals surface area contributed by atoms with E-state index in [-0.39, 0.29) is 23.6 Å². The van der Waals surface area contributed by atoms with Crippen LogP contribution in [0.1, 0.15) is 37.3 Å². The lowest BCUT2D eigenvalue weighted by atomic mass is 10.0. The monoisotopic (exact) mass is 414 g/mol. The van der Waals surface area contributed by atoms with E-state index in [9.17, 15) is 13.2 Å². The average Bonchev–Trinajstić information content (AvgIpc) is 2.75. The van der Waals surface area contributed by atoms with Crippen molar-refractivity contribution in [3.8, 4) is 22.6 Å². The van der Waals surface area contributed by atoms with E-state index in [1.807, 2.05) is 0 Å². The van der Waals surface area contributed by atoms with E-state index in [0.717, 1.165) is 19.3 Å². The summed E-state index contributed by atoms with van der Waals surface area (Å²) in [5, 5.41) is 0. The van der Waals surface area contributed by atoms with E-state index < -0.39 is 11.6 Å². The van der Waals surface area contributed by atoms with Gasteiger partial charge in [0.2, 0.25) is 0 Å². The Balaban J connectivity index is 1.63. The van der Waals surface area contributed by atoms with Crippen molar-refractivity contribution in [2.75, 3.05) is 6.61 Å². The zero-order valence-electron chi connectivity index (χ0n) is 17.2. The van der Waals surface area contributed by atoms with E-state index in [2.05, 4.69) is 6.92 Å². The second-order valence-electron chi connectivity index (χ2n) is 7.18. The maximum Gasteiger partial charge on any atom is 0.165 e. The van der Waals surface area contributed by atoms with Gasteiger partial charge in [-0.05, 0) is 48.7 Å². The summed E-state index contributed by atoms with van der Waals surface area (Å²) in [7, 11) is 0. The van der Waals surface area contributed by atoms with Gasteiger partial charge in [0.1, 0.15) is 23.9 Å². The topological polar surface area (TPSA) is 18.5 Å². The number of halogens is 3. The molecule has 0 aliphatic carbocycles. The normalized spacial score (nSPS) is 10.8. The zero-order chi connectivity index (χ0) is 21.5. The molecule has 0 spiro atoms. The van der Waals surface area contributed by atoms with Crippen molar-refractivity contribution >= 4 is 0 Å². The molecule has 3 aromatic rings. The fraction of sp³-hybridized carbons (Fsp3) is 0.280. The molecule has 2 nitrogen and oxygen atoms in total. The molecular weight excluding hydrogens is 389 g/mol. The fourth-order valence-electron chi connectivity index (χ4n) is 3.05. The second-order valence-corrected chi connectivity index (χ2v) is 7.18. The number of benzene rings is 3. The van der Waals surface area contributed by atoms with Gasteiger partial charge in [-0.3, -0.25) is 0 Å². The highest BCUT2D eigenvalue weighted by molar-refractivity contribution is 5.65. The van der Waals surface area contributed by atoms with E-state index in [4.69, 9.17) is 9.47 Å². The third-order valence-corrected chi connectivity index (χ3v) is 4.87. The van der Waals surface area contributed by atoms with Crippen LogP contribution in [0.2, 0.25) is 0 Å². The van der Waals surface area contributed by atoms with Gasteiger partial charge in [0.25, 0.3) is 0 Å². The lowest BCUT2D eigenvalue weighted by Crippen LogP contribution is -2.02. The molecule has 0 unspecified atom stereocenters. The molecule has 30 heavy (non-hydrogen) atoms. The molecule has 158 valence electrons. The van der Waals surface area contributed by atoms with Crippen LogP contribution in [-0.4, -0.2) is 6.61 Å². The van der Waals surface area contributed by atoms with Crippen LogP contribution in [0.4, 0.5) is 13.2 Å². The molecule has 5 heteroatoms. The van der Waals surface area contributed by atoms with Gasteiger partial charge in [0.05, 0.1) is 6.61 Å². The van der Waals surface area contributed by atoms with Crippen molar-refractivity contribution in [1.82, 2.24) is 0 Å². The van der Waals surface area contributed by atoms with Crippen LogP contribution in [-0.2, 0) is 6.61 Å². The van der Waals surface area contributed by atoms with Crippen LogP contribution < -0.4 is 9.47 Å². The molecule has 0 radical (unpaired) electrons. The fourth-order valence-corrected chi connectivity index (χ4v) is 3.05. The minimum atomic E-state index is -0.898. The first-order valence-corrected chi connectivity index (χ1v) is 10.1. The van der Waals surface area contributed by atoms with E-state index >= 15 is 0 Å². The maximum atomic E-state index is 14.5. The largest absolute Gasteiger partial charge is 0.493 e. The number of rotatable bonds is 9. The zero-order valence-corrected chi connectivity index (χ0v) is 17.2. The molecule has 0 saturated heterocycles. The molecule has 0 aliphatic heterocycles. The van der Waals surface area contributed by atoms with Crippen molar-refractivity contribution in [3.05, 3.63) is 83.2 Å². The summed E-state index contributed by atoms with van der Waals surface area (Å²) < 4.78 is 53.2. The van der Waals surface area contributed by atoms with Crippen molar-refractivity contribution in [1.29, 1.82) is 0 Å². The molecule has 0 bridgehead atoms. The van der Waals surface area contributed by atoms with Crippen LogP contribution in [0, 0.1) is 24.4 Å². The first-order valence-electron chi connectivity index (χ1n) is 10.1. The number of unbranched alkanes of at least 4 members (excludes halogenated alkanes) is 2. The quantitative estimate of drug-likeness (QED) is 0.344. The minimum Gasteiger partial charge on any atom is -0.493 e. The molecule has 3 aromatic carbocycles. The second kappa shape index (κ2) is 10.2. The van der Waals surface area contributed by atoms with Crippen molar-refractivity contribution in [2.24, 2.45) is 0 Å². The molecule has 0 N–H and O–H groups in total. The van der Waals surface area contributed by atoms with Crippen LogP contribution in [0.5, 0.6) is 11.5 Å². The molecular formula is C25H25F3O2. The Morgan fingerprint density at radius 3 is 2.20 bits per heavy atom. The van der Waals surface area contributed by atoms with Gasteiger partial charge in [-0.1, -0.05) is 44.0 Å². The molecule has 0 heterocycles. The summed E-state index contributed by atoms with van der Waals surface area (Å²) >= 11 is 0. The highest BCUT2D eigenvalue weighted by atomic mass is 19.2. The van der Waals surface area contributed by atoms with Gasteiger partial charge in [-0.25, -0.2) is 13.2 Å². The third-order valence-electron chi connectivity index (χ3n) is 4.87. The smallest absolute Gasteiger partial charge is 0.165 e. The number of hydrogen-bond donors (Lipinski definition) is 0. The lowest BCUT2D eigenvalue weighted by molar-refractivity contribution is 0.297. The summed E-state index contributed by atoms with van der Waals surface area (Å²) in [6.07, 6.45) is 3.13. The molecule has 0 aliphatic rings. The summed E-state index contributed by atoms with van der Waals surface area (Å²) in [5.74, 6) is -1.13. The highest BCUT2D eigenvalue weighted by Crippen LogP contribution is 2.28. The Morgan fingerprint density at radius 2 is 1.50 bits per heavy atom. The number of hydrogen-bond acceptors (Lipinski definition) is 2. The molecule has 0 atom stereocenters. The summed E-state index contributed by atoms with van der Waals surface area (Å²) in [6, 6.07) is 14.6. The van der Waals surface area contributed by atoms with Gasteiger partial charge in [0, 0.05) is 17.2 Å². The number of ether oxygens (including phenoxy) is 2. The minimum absolute atomic E-state index is 0.0964. The van der Waals surface area contributed by atoms with Crippen LogP contribution in [0.15, 0.2) is 54.6 Å². The van der Waals surface area contributed by atoms with Crippen molar-refractivity contribution in [3.63, 3.8) is 0 Å². The van der Waals surface area contributed by atoms with Crippen LogP contribution >= 0.6 is 0 Å². The van der Waals surface area contributed by atoms with Crippen molar-refractivity contribution < 1.29 is 22.6 Å². The van der Waals surface area contributed by atoms with Gasteiger partial charge >= 0.3 is 0 Å². The molecule has 3 rings (SSSR count). The van der Waals surface area contributed by atoms with Gasteiger partial charge in [0.15, 0.2) is 11.6 Å². The van der Waals surface area contributed by atoms with E-state index in [1.165, 1.54) is 25.1 Å². The van der Waals surface area contributed by atoms with Crippen LogP contribution in [0.25, 0.3) is 11.1 Å². The average molecular weight is 414 g/mol. The predicted molar refractivity (Wildman–Crippen MR) is 112 cm³/mol. The maximum absolute atomic E-state index is 14.5. The first-order chi connectivity index (χ1) is 14.5.